The first kappa shape index (κ1) is 9.28. The molecule has 0 radical (unpaired) electrons. The van der Waals surface area contributed by atoms with Crippen molar-refractivity contribution in [2.24, 2.45) is 0 Å². The largest absolute Gasteiger partial charge is 0.395 e. The van der Waals surface area contributed by atoms with Gasteiger partial charge < -0.3 is 10.0 Å². The summed E-state index contributed by atoms with van der Waals surface area (Å²) in [4.78, 5) is 2.13. The molecule has 0 saturated carbocycles. The van der Waals surface area contributed by atoms with Crippen molar-refractivity contribution in [3.8, 4) is 0 Å². The van der Waals surface area contributed by atoms with Gasteiger partial charge in [0.1, 0.15) is 0 Å². The van der Waals surface area contributed by atoms with E-state index in [4.69, 9.17) is 5.11 Å². The zero-order chi connectivity index (χ0) is 9.97. The van der Waals surface area contributed by atoms with Gasteiger partial charge in [-0.25, -0.2) is 0 Å². The highest BCUT2D eigenvalue weighted by molar-refractivity contribution is 5.56. The van der Waals surface area contributed by atoms with Crippen molar-refractivity contribution in [2.45, 2.75) is 13.5 Å². The van der Waals surface area contributed by atoms with Gasteiger partial charge in [-0.1, -0.05) is 23.8 Å². The molecule has 1 aliphatic rings. The SMILES string of the molecule is Cc1ccc2c(c1)CN(CCO)C=C2. The van der Waals surface area contributed by atoms with E-state index in [-0.39, 0.29) is 6.61 Å². The molecular weight excluding hydrogens is 174 g/mol. The molecule has 1 aromatic carbocycles. The Hall–Kier alpha value is -1.28. The van der Waals surface area contributed by atoms with E-state index in [0.29, 0.717) is 6.54 Å². The standard InChI is InChI=1S/C12H15NO/c1-10-2-3-11-4-5-13(6-7-14)9-12(11)8-10/h2-5,8,14H,6-7,9H2,1H3. The van der Waals surface area contributed by atoms with E-state index in [0.717, 1.165) is 6.54 Å². The molecule has 0 spiro atoms. The Kier molecular flexibility index (Phi) is 2.55. The van der Waals surface area contributed by atoms with Crippen LogP contribution in [0.4, 0.5) is 0 Å². The molecule has 1 N–H and O–H groups in total. The molecule has 0 aromatic heterocycles. The highest BCUT2D eigenvalue weighted by Gasteiger charge is 2.09. The van der Waals surface area contributed by atoms with E-state index in [1.54, 1.807) is 0 Å². The summed E-state index contributed by atoms with van der Waals surface area (Å²) in [5, 5.41) is 8.85. The van der Waals surface area contributed by atoms with E-state index in [1.165, 1.54) is 16.7 Å². The van der Waals surface area contributed by atoms with Crippen LogP contribution in [0.1, 0.15) is 16.7 Å². The van der Waals surface area contributed by atoms with Crippen molar-refractivity contribution in [1.29, 1.82) is 0 Å². The van der Waals surface area contributed by atoms with Gasteiger partial charge in [-0.2, -0.15) is 0 Å². The maximum absolute atomic E-state index is 8.85. The second kappa shape index (κ2) is 3.84. The Bertz CT molecular complexity index is 357. The normalized spacial score (nSPS) is 14.3. The van der Waals surface area contributed by atoms with Crippen LogP contribution in [0, 0.1) is 6.92 Å². The fraction of sp³-hybridized carbons (Fsp3) is 0.333. The average Bonchev–Trinajstić information content (AvgIpc) is 2.17. The molecule has 74 valence electrons. The Labute approximate surface area is 84.5 Å². The second-order valence-electron chi connectivity index (χ2n) is 3.71. The third-order valence-corrected chi connectivity index (χ3v) is 2.52. The lowest BCUT2D eigenvalue weighted by molar-refractivity contribution is 0.232. The van der Waals surface area contributed by atoms with Crippen molar-refractivity contribution in [1.82, 2.24) is 4.90 Å². The van der Waals surface area contributed by atoms with Crippen LogP contribution >= 0.6 is 0 Å². The molecule has 1 aliphatic heterocycles. The maximum Gasteiger partial charge on any atom is 0.0606 e. The minimum atomic E-state index is 0.214. The number of hydrogen-bond acceptors (Lipinski definition) is 2. The topological polar surface area (TPSA) is 23.5 Å². The highest BCUT2D eigenvalue weighted by Crippen LogP contribution is 2.20. The quantitative estimate of drug-likeness (QED) is 0.766. The Morgan fingerprint density at radius 1 is 1.43 bits per heavy atom. The number of hydrogen-bond donors (Lipinski definition) is 1. The summed E-state index contributed by atoms with van der Waals surface area (Å²) in [6.07, 6.45) is 4.15. The number of aryl methyl sites for hydroxylation is 1. The molecule has 0 amide bonds. The van der Waals surface area contributed by atoms with Gasteiger partial charge in [0.05, 0.1) is 6.61 Å². The summed E-state index contributed by atoms with van der Waals surface area (Å²) < 4.78 is 0. The Balaban J connectivity index is 2.23. The second-order valence-corrected chi connectivity index (χ2v) is 3.71. The van der Waals surface area contributed by atoms with Crippen molar-refractivity contribution in [2.75, 3.05) is 13.2 Å². The first-order valence-corrected chi connectivity index (χ1v) is 4.92. The van der Waals surface area contributed by atoms with E-state index in [1.807, 2.05) is 6.20 Å². The predicted molar refractivity (Wildman–Crippen MR) is 57.7 cm³/mol. The van der Waals surface area contributed by atoms with Gasteiger partial charge in [-0.05, 0) is 24.1 Å². The first-order valence-electron chi connectivity index (χ1n) is 4.92. The molecule has 1 aromatic rings. The van der Waals surface area contributed by atoms with Gasteiger partial charge in [0.2, 0.25) is 0 Å². The lowest BCUT2D eigenvalue weighted by Gasteiger charge is -2.24. The third kappa shape index (κ3) is 1.80. The molecule has 0 fully saturated rings. The summed E-state index contributed by atoms with van der Waals surface area (Å²) in [6, 6.07) is 6.49. The summed E-state index contributed by atoms with van der Waals surface area (Å²) in [5.41, 5.74) is 3.94. The fourth-order valence-electron chi connectivity index (χ4n) is 1.77. The smallest absolute Gasteiger partial charge is 0.0606 e. The average molecular weight is 189 g/mol. The van der Waals surface area contributed by atoms with E-state index < -0.39 is 0 Å². The van der Waals surface area contributed by atoms with Crippen LogP contribution in [0.15, 0.2) is 24.4 Å². The molecule has 14 heavy (non-hydrogen) atoms. The van der Waals surface area contributed by atoms with E-state index >= 15 is 0 Å². The van der Waals surface area contributed by atoms with Crippen LogP contribution in [0.3, 0.4) is 0 Å². The van der Waals surface area contributed by atoms with E-state index in [2.05, 4.69) is 36.1 Å². The van der Waals surface area contributed by atoms with Gasteiger partial charge in [0.25, 0.3) is 0 Å². The summed E-state index contributed by atoms with van der Waals surface area (Å²) in [7, 11) is 0. The number of β-amino-alcohol motifs (C(OH)–C–C–N with tert-alkyl or cyclic N) is 1. The minimum Gasteiger partial charge on any atom is -0.395 e. The number of fused-ring (bicyclic) bond motifs is 1. The van der Waals surface area contributed by atoms with Crippen molar-refractivity contribution < 1.29 is 5.11 Å². The zero-order valence-corrected chi connectivity index (χ0v) is 8.40. The van der Waals surface area contributed by atoms with Crippen LogP contribution < -0.4 is 0 Å². The molecule has 1 heterocycles. The Morgan fingerprint density at radius 2 is 2.29 bits per heavy atom. The van der Waals surface area contributed by atoms with Crippen LogP contribution in [0.5, 0.6) is 0 Å². The Morgan fingerprint density at radius 3 is 3.07 bits per heavy atom. The van der Waals surface area contributed by atoms with Gasteiger partial charge in [-0.3, -0.25) is 0 Å². The summed E-state index contributed by atoms with van der Waals surface area (Å²) in [6.45, 7) is 3.94. The van der Waals surface area contributed by atoms with Crippen molar-refractivity contribution in [3.05, 3.63) is 41.1 Å². The molecule has 2 heteroatoms. The molecule has 2 nitrogen and oxygen atoms in total. The van der Waals surface area contributed by atoms with Crippen molar-refractivity contribution in [3.63, 3.8) is 0 Å². The van der Waals surface area contributed by atoms with Crippen LogP contribution in [-0.4, -0.2) is 23.2 Å². The van der Waals surface area contributed by atoms with Gasteiger partial charge in [-0.15, -0.1) is 0 Å². The highest BCUT2D eigenvalue weighted by atomic mass is 16.3. The fourth-order valence-corrected chi connectivity index (χ4v) is 1.77. The zero-order valence-electron chi connectivity index (χ0n) is 8.40. The van der Waals surface area contributed by atoms with Gasteiger partial charge in [0, 0.05) is 19.3 Å². The first-order chi connectivity index (χ1) is 6.79. The van der Waals surface area contributed by atoms with Crippen molar-refractivity contribution >= 4 is 6.08 Å². The lowest BCUT2D eigenvalue weighted by atomic mass is 10.0. The molecule has 2 rings (SSSR count). The van der Waals surface area contributed by atoms with Gasteiger partial charge in [0.15, 0.2) is 0 Å². The lowest BCUT2D eigenvalue weighted by Crippen LogP contribution is -2.23. The third-order valence-electron chi connectivity index (χ3n) is 2.52. The summed E-state index contributed by atoms with van der Waals surface area (Å²) in [5.74, 6) is 0. The number of rotatable bonds is 2. The molecule has 0 atom stereocenters. The van der Waals surface area contributed by atoms with E-state index in [9.17, 15) is 0 Å². The minimum absolute atomic E-state index is 0.214. The van der Waals surface area contributed by atoms with Crippen LogP contribution in [0.2, 0.25) is 0 Å². The molecular formula is C12H15NO. The molecule has 0 bridgehead atoms. The number of nitrogens with zero attached hydrogens (tertiary/aromatic N) is 1. The van der Waals surface area contributed by atoms with Crippen LogP contribution in [0.25, 0.3) is 6.08 Å². The molecule has 0 unspecified atom stereocenters. The number of benzene rings is 1. The maximum atomic E-state index is 8.85. The number of aliphatic hydroxyl groups excluding tert-OH is 1. The number of aliphatic hydroxyl groups is 1. The molecule has 0 saturated heterocycles. The summed E-state index contributed by atoms with van der Waals surface area (Å²) >= 11 is 0. The van der Waals surface area contributed by atoms with Crippen LogP contribution in [-0.2, 0) is 6.54 Å². The monoisotopic (exact) mass is 189 g/mol. The predicted octanol–water partition coefficient (Wildman–Crippen LogP) is 1.77. The van der Waals surface area contributed by atoms with Gasteiger partial charge >= 0.3 is 0 Å². The molecule has 0 aliphatic carbocycles.